The fraction of sp³-hybridized carbons (Fsp3) is 0.316. The highest BCUT2D eigenvalue weighted by Crippen LogP contribution is 2.35. The predicted octanol–water partition coefficient (Wildman–Crippen LogP) is 3.14. The van der Waals surface area contributed by atoms with Crippen molar-refractivity contribution in [2.45, 2.75) is 25.1 Å². The second kappa shape index (κ2) is 6.26. The van der Waals surface area contributed by atoms with Crippen LogP contribution in [-0.2, 0) is 6.54 Å². The summed E-state index contributed by atoms with van der Waals surface area (Å²) >= 11 is 0. The molecule has 4 rings (SSSR count). The lowest BCUT2D eigenvalue weighted by Gasteiger charge is -2.23. The topological polar surface area (TPSA) is 58.7 Å². The molecule has 2 heterocycles. The minimum atomic E-state index is -0.342. The lowest BCUT2D eigenvalue weighted by molar-refractivity contribution is 0.167. The van der Waals surface area contributed by atoms with Crippen molar-refractivity contribution in [3.8, 4) is 5.75 Å². The number of para-hydroxylation sites is 2. The molecule has 124 valence electrons. The van der Waals surface area contributed by atoms with E-state index in [0.29, 0.717) is 25.4 Å². The molecule has 0 saturated carbocycles. The van der Waals surface area contributed by atoms with Crippen LogP contribution >= 0.6 is 0 Å². The van der Waals surface area contributed by atoms with Crippen LogP contribution in [-0.4, -0.2) is 34.7 Å². The van der Waals surface area contributed by atoms with Gasteiger partial charge >= 0.3 is 0 Å². The molecule has 1 N–H and O–H groups in total. The number of hydrogen-bond acceptors (Lipinski definition) is 5. The van der Waals surface area contributed by atoms with Crippen molar-refractivity contribution in [1.82, 2.24) is 9.88 Å². The molecule has 0 bridgehead atoms. The van der Waals surface area contributed by atoms with E-state index in [1.54, 1.807) is 7.11 Å². The first-order valence-corrected chi connectivity index (χ1v) is 8.13. The van der Waals surface area contributed by atoms with Crippen LogP contribution in [0.5, 0.6) is 5.75 Å². The van der Waals surface area contributed by atoms with Crippen molar-refractivity contribution in [2.24, 2.45) is 0 Å². The van der Waals surface area contributed by atoms with E-state index in [4.69, 9.17) is 9.15 Å². The van der Waals surface area contributed by atoms with Gasteiger partial charge < -0.3 is 14.3 Å². The molecule has 2 atom stereocenters. The number of hydrogen-bond donors (Lipinski definition) is 1. The first-order chi connectivity index (χ1) is 11.7. The van der Waals surface area contributed by atoms with Gasteiger partial charge in [-0.15, -0.1) is 0 Å². The van der Waals surface area contributed by atoms with Crippen LogP contribution in [0.1, 0.15) is 23.9 Å². The van der Waals surface area contributed by atoms with E-state index < -0.39 is 0 Å². The van der Waals surface area contributed by atoms with Crippen LogP contribution in [0.2, 0.25) is 0 Å². The van der Waals surface area contributed by atoms with Crippen molar-refractivity contribution in [3.63, 3.8) is 0 Å². The maximum atomic E-state index is 10.2. The molecule has 1 aliphatic rings. The number of nitrogens with zero attached hydrogens (tertiary/aromatic N) is 2. The molecule has 1 saturated heterocycles. The van der Waals surface area contributed by atoms with Gasteiger partial charge in [0.05, 0.1) is 19.8 Å². The van der Waals surface area contributed by atoms with E-state index in [1.807, 2.05) is 42.5 Å². The second-order valence-corrected chi connectivity index (χ2v) is 6.19. The smallest absolute Gasteiger partial charge is 0.209 e. The van der Waals surface area contributed by atoms with Crippen LogP contribution in [0.15, 0.2) is 52.9 Å². The normalized spacial score (nSPS) is 21.4. The van der Waals surface area contributed by atoms with Gasteiger partial charge in [-0.3, -0.25) is 4.90 Å². The van der Waals surface area contributed by atoms with E-state index in [-0.39, 0.29) is 12.1 Å². The zero-order chi connectivity index (χ0) is 16.5. The number of β-amino-alcohol motifs (C(OH)–C–C–N with tert-alkyl or cyclic N) is 1. The monoisotopic (exact) mass is 324 g/mol. The number of aliphatic hydroxyl groups excluding tert-OH is 1. The number of aromatic nitrogens is 1. The number of benzene rings is 2. The Bertz CT molecular complexity index is 812. The van der Waals surface area contributed by atoms with Gasteiger partial charge in [0.1, 0.15) is 11.3 Å². The SMILES string of the molecule is COc1cccc([C@@H]2C[C@H](O)CN2Cc2nc3ccccc3o2)c1. The zero-order valence-corrected chi connectivity index (χ0v) is 13.6. The van der Waals surface area contributed by atoms with Crippen LogP contribution in [0.25, 0.3) is 11.1 Å². The largest absolute Gasteiger partial charge is 0.497 e. The van der Waals surface area contributed by atoms with Crippen LogP contribution in [0, 0.1) is 0 Å². The molecule has 24 heavy (non-hydrogen) atoms. The molecule has 0 unspecified atom stereocenters. The quantitative estimate of drug-likeness (QED) is 0.799. The van der Waals surface area contributed by atoms with E-state index >= 15 is 0 Å². The zero-order valence-electron chi connectivity index (χ0n) is 13.6. The molecule has 0 spiro atoms. The third kappa shape index (κ3) is 2.88. The molecule has 5 heteroatoms. The van der Waals surface area contributed by atoms with Gasteiger partial charge in [0.2, 0.25) is 5.89 Å². The highest BCUT2D eigenvalue weighted by molar-refractivity contribution is 5.72. The standard InChI is InChI=1S/C19H20N2O3/c1-23-15-6-4-5-13(9-15)17-10-14(22)11-21(17)12-19-20-16-7-2-3-8-18(16)24-19/h2-9,14,17,22H,10-12H2,1H3/t14-,17-/m0/s1. The van der Waals surface area contributed by atoms with E-state index in [9.17, 15) is 5.11 Å². The van der Waals surface area contributed by atoms with Crippen LogP contribution in [0.4, 0.5) is 0 Å². The lowest BCUT2D eigenvalue weighted by atomic mass is 10.0. The molecule has 1 fully saturated rings. The molecule has 0 amide bonds. The first-order valence-electron chi connectivity index (χ1n) is 8.13. The second-order valence-electron chi connectivity index (χ2n) is 6.19. The molecule has 3 aromatic rings. The van der Waals surface area contributed by atoms with Gasteiger partial charge in [0, 0.05) is 12.6 Å². The van der Waals surface area contributed by atoms with Crippen LogP contribution in [0.3, 0.4) is 0 Å². The molecule has 2 aromatic carbocycles. The Morgan fingerprint density at radius 3 is 2.96 bits per heavy atom. The van der Waals surface area contributed by atoms with Crippen molar-refractivity contribution in [2.75, 3.05) is 13.7 Å². The number of likely N-dealkylation sites (tertiary alicyclic amines) is 1. The van der Waals surface area contributed by atoms with Crippen molar-refractivity contribution >= 4 is 11.1 Å². The Morgan fingerprint density at radius 1 is 1.25 bits per heavy atom. The highest BCUT2D eigenvalue weighted by atomic mass is 16.5. The Balaban J connectivity index is 1.60. The fourth-order valence-electron chi connectivity index (χ4n) is 3.41. The number of fused-ring (bicyclic) bond motifs is 1. The third-order valence-electron chi connectivity index (χ3n) is 4.54. The molecular weight excluding hydrogens is 304 g/mol. The molecule has 0 radical (unpaired) electrons. The van der Waals surface area contributed by atoms with Gasteiger partial charge in [-0.1, -0.05) is 24.3 Å². The molecule has 1 aliphatic heterocycles. The Labute approximate surface area is 140 Å². The average molecular weight is 324 g/mol. The highest BCUT2D eigenvalue weighted by Gasteiger charge is 2.33. The van der Waals surface area contributed by atoms with Gasteiger partial charge in [-0.05, 0) is 36.2 Å². The van der Waals surface area contributed by atoms with E-state index in [2.05, 4.69) is 16.0 Å². The molecule has 0 aliphatic carbocycles. The summed E-state index contributed by atoms with van der Waals surface area (Å²) in [5.41, 5.74) is 2.80. The van der Waals surface area contributed by atoms with Crippen molar-refractivity contribution in [3.05, 3.63) is 60.0 Å². The first kappa shape index (κ1) is 15.2. The summed E-state index contributed by atoms with van der Waals surface area (Å²) in [5, 5.41) is 10.2. The lowest BCUT2D eigenvalue weighted by Crippen LogP contribution is -2.24. The minimum absolute atomic E-state index is 0.130. The molecule has 1 aromatic heterocycles. The Kier molecular flexibility index (Phi) is 3.96. The van der Waals surface area contributed by atoms with Gasteiger partial charge in [-0.2, -0.15) is 0 Å². The van der Waals surface area contributed by atoms with E-state index in [0.717, 1.165) is 22.4 Å². The summed E-state index contributed by atoms with van der Waals surface area (Å²) in [6, 6.07) is 15.9. The number of methoxy groups -OCH3 is 1. The number of aliphatic hydroxyl groups is 1. The average Bonchev–Trinajstić information content (AvgIpc) is 3.17. The van der Waals surface area contributed by atoms with Crippen LogP contribution < -0.4 is 4.74 Å². The summed E-state index contributed by atoms with van der Waals surface area (Å²) in [5.74, 6) is 1.51. The summed E-state index contributed by atoms with van der Waals surface area (Å²) in [4.78, 5) is 6.76. The summed E-state index contributed by atoms with van der Waals surface area (Å²) in [7, 11) is 1.67. The minimum Gasteiger partial charge on any atom is -0.497 e. The fourth-order valence-corrected chi connectivity index (χ4v) is 3.41. The number of oxazole rings is 1. The summed E-state index contributed by atoms with van der Waals surface area (Å²) < 4.78 is 11.2. The van der Waals surface area contributed by atoms with Gasteiger partial charge in [-0.25, -0.2) is 4.98 Å². The number of rotatable bonds is 4. The summed E-state index contributed by atoms with van der Waals surface area (Å²) in [6.45, 7) is 1.19. The summed E-state index contributed by atoms with van der Waals surface area (Å²) in [6.07, 6.45) is 0.360. The van der Waals surface area contributed by atoms with Gasteiger partial charge in [0.25, 0.3) is 0 Å². The number of ether oxygens (including phenoxy) is 1. The Morgan fingerprint density at radius 2 is 2.12 bits per heavy atom. The molecule has 5 nitrogen and oxygen atoms in total. The van der Waals surface area contributed by atoms with Gasteiger partial charge in [0.15, 0.2) is 5.58 Å². The predicted molar refractivity (Wildman–Crippen MR) is 90.8 cm³/mol. The Hall–Kier alpha value is -2.37. The maximum Gasteiger partial charge on any atom is 0.209 e. The van der Waals surface area contributed by atoms with Crippen molar-refractivity contribution in [1.29, 1.82) is 0 Å². The maximum absolute atomic E-state index is 10.2. The van der Waals surface area contributed by atoms with Crippen molar-refractivity contribution < 1.29 is 14.3 Å². The molecular formula is C19H20N2O3. The third-order valence-corrected chi connectivity index (χ3v) is 4.54. The van der Waals surface area contributed by atoms with E-state index in [1.165, 1.54) is 0 Å².